The van der Waals surface area contributed by atoms with Gasteiger partial charge in [0.05, 0.1) is 6.61 Å². The summed E-state index contributed by atoms with van der Waals surface area (Å²) in [7, 11) is 1.92. The zero-order valence-electron chi connectivity index (χ0n) is 12.0. The Bertz CT molecular complexity index is 459. The van der Waals surface area contributed by atoms with E-state index in [-0.39, 0.29) is 5.91 Å². The predicted molar refractivity (Wildman–Crippen MR) is 81.3 cm³/mol. The van der Waals surface area contributed by atoms with Crippen molar-refractivity contribution in [2.45, 2.75) is 19.8 Å². The quantitative estimate of drug-likeness (QED) is 0.708. The second-order valence-corrected chi connectivity index (χ2v) is 5.98. The number of hydrogen-bond acceptors (Lipinski definition) is 6. The van der Waals surface area contributed by atoms with E-state index in [1.165, 1.54) is 24.2 Å². The molecule has 0 aromatic carbocycles. The van der Waals surface area contributed by atoms with Gasteiger partial charge in [-0.1, -0.05) is 11.3 Å². The van der Waals surface area contributed by atoms with E-state index in [9.17, 15) is 4.79 Å². The minimum atomic E-state index is -0.175. The lowest BCUT2D eigenvalue weighted by Crippen LogP contribution is -2.27. The van der Waals surface area contributed by atoms with Gasteiger partial charge in [0.2, 0.25) is 0 Å². The zero-order valence-corrected chi connectivity index (χ0v) is 12.8. The summed E-state index contributed by atoms with van der Waals surface area (Å²) >= 11 is 1.32. The number of carbonyl (C=O) groups excluding carboxylic acids is 1. The fourth-order valence-electron chi connectivity index (χ4n) is 1.63. The highest BCUT2D eigenvalue weighted by molar-refractivity contribution is 7.18. The van der Waals surface area contributed by atoms with E-state index >= 15 is 0 Å². The highest BCUT2D eigenvalue weighted by atomic mass is 32.1. The van der Waals surface area contributed by atoms with Crippen LogP contribution in [0, 0.1) is 5.92 Å². The van der Waals surface area contributed by atoms with Crippen molar-refractivity contribution in [2.24, 2.45) is 5.92 Å². The van der Waals surface area contributed by atoms with Gasteiger partial charge in [0.15, 0.2) is 5.13 Å². The summed E-state index contributed by atoms with van der Waals surface area (Å²) in [6, 6.07) is 0. The molecule has 0 saturated heterocycles. The van der Waals surface area contributed by atoms with Crippen LogP contribution in [0.15, 0.2) is 0 Å². The average molecular weight is 298 g/mol. The van der Waals surface area contributed by atoms with E-state index in [1.54, 1.807) is 0 Å². The van der Waals surface area contributed by atoms with Crippen molar-refractivity contribution in [3.05, 3.63) is 4.88 Å². The van der Waals surface area contributed by atoms with E-state index in [0.717, 1.165) is 24.2 Å². The molecular weight excluding hydrogens is 276 g/mol. The van der Waals surface area contributed by atoms with Crippen molar-refractivity contribution in [3.63, 3.8) is 0 Å². The Hall–Kier alpha value is -1.34. The number of nitrogens with zero attached hydrogens (tertiary/aromatic N) is 2. The van der Waals surface area contributed by atoms with Crippen LogP contribution in [0.1, 0.15) is 29.4 Å². The van der Waals surface area contributed by atoms with Gasteiger partial charge in [-0.15, -0.1) is 0 Å². The predicted octanol–water partition coefficient (Wildman–Crippen LogP) is 1.34. The molecule has 1 saturated carbocycles. The lowest BCUT2D eigenvalue weighted by atomic mass is 10.4. The zero-order chi connectivity index (χ0) is 14.5. The SMILES string of the molecule is CCN(C)c1nc(N)c(C(=O)NCCOCC2CC2)s1. The summed E-state index contributed by atoms with van der Waals surface area (Å²) in [6.45, 7) is 4.70. The van der Waals surface area contributed by atoms with Crippen LogP contribution in [0.25, 0.3) is 0 Å². The molecule has 1 aromatic heterocycles. The van der Waals surface area contributed by atoms with Gasteiger partial charge in [-0.05, 0) is 25.7 Å². The van der Waals surface area contributed by atoms with Gasteiger partial charge >= 0.3 is 0 Å². The monoisotopic (exact) mass is 298 g/mol. The summed E-state index contributed by atoms with van der Waals surface area (Å²) in [4.78, 5) is 18.6. The van der Waals surface area contributed by atoms with Crippen LogP contribution < -0.4 is 16.0 Å². The lowest BCUT2D eigenvalue weighted by Gasteiger charge is -2.10. The fraction of sp³-hybridized carbons (Fsp3) is 0.692. The number of hydrogen-bond donors (Lipinski definition) is 2. The van der Waals surface area contributed by atoms with Crippen molar-refractivity contribution in [3.8, 4) is 0 Å². The molecule has 0 bridgehead atoms. The molecule has 0 aliphatic heterocycles. The van der Waals surface area contributed by atoms with E-state index in [0.29, 0.717) is 23.8 Å². The molecule has 1 fully saturated rings. The Morgan fingerprint density at radius 3 is 3.00 bits per heavy atom. The average Bonchev–Trinajstić information content (AvgIpc) is 3.18. The van der Waals surface area contributed by atoms with E-state index in [4.69, 9.17) is 10.5 Å². The third-order valence-electron chi connectivity index (χ3n) is 3.23. The Morgan fingerprint density at radius 2 is 2.35 bits per heavy atom. The highest BCUT2D eigenvalue weighted by Crippen LogP contribution is 2.28. The first-order valence-electron chi connectivity index (χ1n) is 6.95. The largest absolute Gasteiger partial charge is 0.382 e. The minimum Gasteiger partial charge on any atom is -0.382 e. The number of nitrogens with two attached hydrogens (primary N) is 1. The number of rotatable bonds is 8. The molecule has 0 spiro atoms. The van der Waals surface area contributed by atoms with Crippen LogP contribution in [-0.2, 0) is 4.74 Å². The first-order valence-corrected chi connectivity index (χ1v) is 7.76. The van der Waals surface area contributed by atoms with Crippen LogP contribution in [-0.4, -0.2) is 44.2 Å². The summed E-state index contributed by atoms with van der Waals surface area (Å²) in [6.07, 6.45) is 2.55. The molecule has 2 rings (SSSR count). The van der Waals surface area contributed by atoms with Gasteiger partial charge in [0, 0.05) is 26.7 Å². The molecule has 20 heavy (non-hydrogen) atoms. The van der Waals surface area contributed by atoms with Crippen molar-refractivity contribution < 1.29 is 9.53 Å². The number of carbonyl (C=O) groups is 1. The number of ether oxygens (including phenoxy) is 1. The molecule has 0 radical (unpaired) electrons. The first-order chi connectivity index (χ1) is 9.61. The Kier molecular flexibility index (Phi) is 5.19. The maximum absolute atomic E-state index is 12.0. The standard InChI is InChI=1S/C13H22N4O2S/c1-3-17(2)13-16-11(14)10(20-13)12(18)15-6-7-19-8-9-4-5-9/h9H,3-8,14H2,1-2H3,(H,15,18). The topological polar surface area (TPSA) is 80.5 Å². The second-order valence-electron chi connectivity index (χ2n) is 5.00. The third-order valence-corrected chi connectivity index (χ3v) is 4.42. The number of thiazole rings is 1. The Balaban J connectivity index is 1.77. The summed E-state index contributed by atoms with van der Waals surface area (Å²) in [5, 5.41) is 3.58. The van der Waals surface area contributed by atoms with Crippen molar-refractivity contribution in [1.29, 1.82) is 0 Å². The van der Waals surface area contributed by atoms with Gasteiger partial charge in [-0.25, -0.2) is 4.98 Å². The molecule has 1 aromatic rings. The van der Waals surface area contributed by atoms with E-state index < -0.39 is 0 Å². The second kappa shape index (κ2) is 6.90. The van der Waals surface area contributed by atoms with Gasteiger partial charge in [0.25, 0.3) is 5.91 Å². The normalized spacial score (nSPS) is 14.3. The van der Waals surface area contributed by atoms with Crippen molar-refractivity contribution in [1.82, 2.24) is 10.3 Å². The van der Waals surface area contributed by atoms with Crippen LogP contribution in [0.4, 0.5) is 10.9 Å². The minimum absolute atomic E-state index is 0.175. The molecule has 112 valence electrons. The molecular formula is C13H22N4O2S. The van der Waals surface area contributed by atoms with Gasteiger partial charge < -0.3 is 20.7 Å². The molecule has 0 unspecified atom stereocenters. The summed E-state index contributed by atoms with van der Waals surface area (Å²) < 4.78 is 5.47. The maximum Gasteiger partial charge on any atom is 0.265 e. The summed E-state index contributed by atoms with van der Waals surface area (Å²) in [5.41, 5.74) is 5.79. The van der Waals surface area contributed by atoms with Crippen LogP contribution >= 0.6 is 11.3 Å². The molecule has 1 aliphatic carbocycles. The highest BCUT2D eigenvalue weighted by Gasteiger charge is 2.21. The molecule has 1 aliphatic rings. The lowest BCUT2D eigenvalue weighted by molar-refractivity contribution is 0.0911. The molecule has 1 heterocycles. The van der Waals surface area contributed by atoms with E-state index in [2.05, 4.69) is 10.3 Å². The number of aromatic nitrogens is 1. The maximum atomic E-state index is 12.0. The van der Waals surface area contributed by atoms with Crippen LogP contribution in [0.5, 0.6) is 0 Å². The molecule has 0 atom stereocenters. The van der Waals surface area contributed by atoms with Crippen LogP contribution in [0.2, 0.25) is 0 Å². The smallest absolute Gasteiger partial charge is 0.265 e. The van der Waals surface area contributed by atoms with Gasteiger partial charge in [-0.2, -0.15) is 0 Å². The van der Waals surface area contributed by atoms with E-state index in [1.807, 2.05) is 18.9 Å². The third kappa shape index (κ3) is 4.08. The Morgan fingerprint density at radius 1 is 1.60 bits per heavy atom. The number of nitrogen functional groups attached to an aromatic ring is 1. The fourth-order valence-corrected chi connectivity index (χ4v) is 2.56. The molecule has 3 N–H and O–H groups in total. The first kappa shape index (κ1) is 15.1. The van der Waals surface area contributed by atoms with Crippen LogP contribution in [0.3, 0.4) is 0 Å². The summed E-state index contributed by atoms with van der Waals surface area (Å²) in [5.74, 6) is 0.863. The van der Waals surface area contributed by atoms with Gasteiger partial charge in [-0.3, -0.25) is 4.79 Å². The molecule has 1 amide bonds. The molecule has 7 heteroatoms. The molecule has 6 nitrogen and oxygen atoms in total. The van der Waals surface area contributed by atoms with Crippen molar-refractivity contribution in [2.75, 3.05) is 44.0 Å². The van der Waals surface area contributed by atoms with Gasteiger partial charge in [0.1, 0.15) is 10.7 Å². The number of nitrogens with one attached hydrogen (secondary N) is 1. The van der Waals surface area contributed by atoms with Crippen molar-refractivity contribution >= 4 is 28.2 Å². The number of amides is 1. The number of anilines is 2. The Labute approximate surface area is 123 Å².